The van der Waals surface area contributed by atoms with Crippen LogP contribution >= 0.6 is 0 Å². The minimum absolute atomic E-state index is 0.0704. The second-order valence-electron chi connectivity index (χ2n) is 4.53. The number of nitrogens with zero attached hydrogens (tertiary/aromatic N) is 1. The molecule has 0 radical (unpaired) electrons. The second-order valence-corrected chi connectivity index (χ2v) is 6.68. The molecule has 1 fully saturated rings. The molecule has 0 heterocycles. The van der Waals surface area contributed by atoms with Crippen molar-refractivity contribution in [2.75, 3.05) is 19.7 Å². The highest BCUT2D eigenvalue weighted by Crippen LogP contribution is 2.33. The molecule has 0 aliphatic heterocycles. The molecule has 0 aromatic heterocycles. The van der Waals surface area contributed by atoms with E-state index in [1.807, 2.05) is 0 Å². The minimum Gasteiger partial charge on any atom is -0.481 e. The van der Waals surface area contributed by atoms with E-state index >= 15 is 0 Å². The molecule has 106 valence electrons. The van der Waals surface area contributed by atoms with Gasteiger partial charge < -0.3 is 10.2 Å². The van der Waals surface area contributed by atoms with Crippen LogP contribution in [0.25, 0.3) is 0 Å². The molecule has 2 N–H and O–H groups in total. The summed E-state index contributed by atoms with van der Waals surface area (Å²) in [6, 6.07) is 0. The Morgan fingerprint density at radius 1 is 1.39 bits per heavy atom. The quantitative estimate of drug-likeness (QED) is 0.697. The molecule has 2 atom stereocenters. The number of carboxylic acid groups (broad SMARTS) is 1. The van der Waals surface area contributed by atoms with Crippen molar-refractivity contribution in [2.24, 2.45) is 5.92 Å². The summed E-state index contributed by atoms with van der Waals surface area (Å²) in [7, 11) is -3.58. The third kappa shape index (κ3) is 3.21. The summed E-state index contributed by atoms with van der Waals surface area (Å²) in [5.41, 5.74) is 0. The Hall–Kier alpha value is -0.660. The second kappa shape index (κ2) is 6.49. The molecule has 0 aromatic rings. The largest absolute Gasteiger partial charge is 0.481 e. The molecule has 0 spiro atoms. The van der Waals surface area contributed by atoms with E-state index in [4.69, 9.17) is 10.2 Å². The Balaban J connectivity index is 2.86. The standard InChI is InChI=1S/C11H21NO5S/c1-2-12(7-4-8-13)18(16,17)10-6-3-5-9(10)11(14)15/h9-10,13H,2-8H2,1H3,(H,14,15). The van der Waals surface area contributed by atoms with Crippen LogP contribution in [0.2, 0.25) is 0 Å². The number of carbonyl (C=O) groups is 1. The van der Waals surface area contributed by atoms with Gasteiger partial charge in [-0.2, -0.15) is 0 Å². The van der Waals surface area contributed by atoms with Gasteiger partial charge in [0.1, 0.15) is 0 Å². The number of rotatable bonds is 7. The van der Waals surface area contributed by atoms with Crippen LogP contribution in [0.1, 0.15) is 32.6 Å². The van der Waals surface area contributed by atoms with Crippen LogP contribution in [0.5, 0.6) is 0 Å². The normalized spacial score (nSPS) is 24.6. The number of aliphatic carboxylic acids is 1. The zero-order chi connectivity index (χ0) is 13.8. The van der Waals surface area contributed by atoms with Gasteiger partial charge in [-0.1, -0.05) is 13.3 Å². The zero-order valence-electron chi connectivity index (χ0n) is 10.6. The van der Waals surface area contributed by atoms with E-state index in [0.29, 0.717) is 32.2 Å². The lowest BCUT2D eigenvalue weighted by Crippen LogP contribution is -2.42. The summed E-state index contributed by atoms with van der Waals surface area (Å²) >= 11 is 0. The number of aliphatic hydroxyl groups is 1. The Morgan fingerprint density at radius 3 is 2.56 bits per heavy atom. The molecule has 0 aromatic carbocycles. The number of hydrogen-bond donors (Lipinski definition) is 2. The van der Waals surface area contributed by atoms with Gasteiger partial charge >= 0.3 is 5.97 Å². The summed E-state index contributed by atoms with van der Waals surface area (Å²) in [6.07, 6.45) is 1.85. The molecule has 1 aliphatic carbocycles. The lowest BCUT2D eigenvalue weighted by molar-refractivity contribution is -0.141. The number of aliphatic hydroxyl groups excluding tert-OH is 1. The van der Waals surface area contributed by atoms with Gasteiger partial charge in [-0.15, -0.1) is 0 Å². The fraction of sp³-hybridized carbons (Fsp3) is 0.909. The number of sulfonamides is 1. The molecule has 6 nitrogen and oxygen atoms in total. The van der Waals surface area contributed by atoms with Gasteiger partial charge in [-0.3, -0.25) is 4.79 Å². The van der Waals surface area contributed by atoms with E-state index in [0.717, 1.165) is 0 Å². The fourth-order valence-electron chi connectivity index (χ4n) is 2.47. The van der Waals surface area contributed by atoms with E-state index in [9.17, 15) is 13.2 Å². The van der Waals surface area contributed by atoms with Crippen LogP contribution < -0.4 is 0 Å². The lowest BCUT2D eigenvalue weighted by atomic mass is 10.1. The van der Waals surface area contributed by atoms with Crippen LogP contribution in [-0.2, 0) is 14.8 Å². The highest BCUT2D eigenvalue weighted by molar-refractivity contribution is 7.89. The highest BCUT2D eigenvalue weighted by atomic mass is 32.2. The smallest absolute Gasteiger partial charge is 0.307 e. The van der Waals surface area contributed by atoms with E-state index < -0.39 is 27.2 Å². The predicted octanol–water partition coefficient (Wildman–Crippen LogP) is 0.274. The summed E-state index contributed by atoms with van der Waals surface area (Å²) in [5, 5.41) is 17.0. The van der Waals surface area contributed by atoms with Gasteiger partial charge in [0, 0.05) is 19.7 Å². The van der Waals surface area contributed by atoms with Crippen molar-refractivity contribution in [2.45, 2.75) is 37.9 Å². The molecule has 0 amide bonds. The average molecular weight is 279 g/mol. The Morgan fingerprint density at radius 2 is 2.06 bits per heavy atom. The first-order valence-corrected chi connectivity index (χ1v) is 7.78. The van der Waals surface area contributed by atoms with Crippen molar-refractivity contribution in [1.82, 2.24) is 4.31 Å². The van der Waals surface area contributed by atoms with Crippen molar-refractivity contribution in [1.29, 1.82) is 0 Å². The van der Waals surface area contributed by atoms with E-state index in [-0.39, 0.29) is 13.2 Å². The third-order valence-electron chi connectivity index (χ3n) is 3.43. The first-order chi connectivity index (χ1) is 8.45. The average Bonchev–Trinajstić information content (AvgIpc) is 2.79. The first-order valence-electron chi connectivity index (χ1n) is 6.27. The highest BCUT2D eigenvalue weighted by Gasteiger charge is 2.43. The summed E-state index contributed by atoms with van der Waals surface area (Å²) in [5.74, 6) is -1.82. The maximum Gasteiger partial charge on any atom is 0.307 e. The van der Waals surface area contributed by atoms with Gasteiger partial charge in [-0.05, 0) is 19.3 Å². The molecular weight excluding hydrogens is 258 g/mol. The molecule has 1 rings (SSSR count). The maximum absolute atomic E-state index is 12.4. The van der Waals surface area contributed by atoms with Crippen molar-refractivity contribution in [3.8, 4) is 0 Å². The summed E-state index contributed by atoms with van der Waals surface area (Å²) < 4.78 is 26.0. The zero-order valence-corrected chi connectivity index (χ0v) is 11.4. The molecule has 1 saturated carbocycles. The third-order valence-corrected chi connectivity index (χ3v) is 5.92. The molecule has 7 heteroatoms. The van der Waals surface area contributed by atoms with Crippen molar-refractivity contribution >= 4 is 16.0 Å². The molecule has 1 aliphatic rings. The first kappa shape index (κ1) is 15.4. The van der Waals surface area contributed by atoms with Crippen LogP contribution in [0.3, 0.4) is 0 Å². The van der Waals surface area contributed by atoms with Gasteiger partial charge in [0.15, 0.2) is 0 Å². The van der Waals surface area contributed by atoms with Crippen LogP contribution in [0.4, 0.5) is 0 Å². The van der Waals surface area contributed by atoms with Crippen LogP contribution in [0, 0.1) is 5.92 Å². The minimum atomic E-state index is -3.58. The van der Waals surface area contributed by atoms with Gasteiger partial charge in [0.2, 0.25) is 10.0 Å². The van der Waals surface area contributed by atoms with Crippen LogP contribution in [0.15, 0.2) is 0 Å². The monoisotopic (exact) mass is 279 g/mol. The Kier molecular flexibility index (Phi) is 5.55. The van der Waals surface area contributed by atoms with Gasteiger partial charge in [-0.25, -0.2) is 12.7 Å². The number of hydrogen-bond acceptors (Lipinski definition) is 4. The van der Waals surface area contributed by atoms with E-state index in [1.54, 1.807) is 6.92 Å². The van der Waals surface area contributed by atoms with Crippen molar-refractivity contribution < 1.29 is 23.4 Å². The SMILES string of the molecule is CCN(CCCO)S(=O)(=O)C1CCCC1C(=O)O. The van der Waals surface area contributed by atoms with Gasteiger partial charge in [0.25, 0.3) is 0 Å². The maximum atomic E-state index is 12.4. The summed E-state index contributed by atoms with van der Waals surface area (Å²) in [4.78, 5) is 11.1. The topological polar surface area (TPSA) is 94.9 Å². The molecule has 2 unspecified atom stereocenters. The summed E-state index contributed by atoms with van der Waals surface area (Å²) in [6.45, 7) is 2.21. The van der Waals surface area contributed by atoms with Crippen LogP contribution in [-0.4, -0.2) is 53.9 Å². The molecule has 0 saturated heterocycles. The lowest BCUT2D eigenvalue weighted by Gasteiger charge is -2.26. The predicted molar refractivity (Wildman–Crippen MR) is 66.6 cm³/mol. The van der Waals surface area contributed by atoms with Gasteiger partial charge in [0.05, 0.1) is 11.2 Å². The Bertz CT molecular complexity index is 381. The van der Waals surface area contributed by atoms with Crippen molar-refractivity contribution in [3.05, 3.63) is 0 Å². The molecular formula is C11H21NO5S. The molecule has 18 heavy (non-hydrogen) atoms. The van der Waals surface area contributed by atoms with E-state index in [1.165, 1.54) is 4.31 Å². The number of carboxylic acids is 1. The molecule has 0 bridgehead atoms. The fourth-order valence-corrected chi connectivity index (χ4v) is 4.73. The van der Waals surface area contributed by atoms with Crippen molar-refractivity contribution in [3.63, 3.8) is 0 Å². The van der Waals surface area contributed by atoms with E-state index in [2.05, 4.69) is 0 Å². The Labute approximate surface area is 108 Å².